The van der Waals surface area contributed by atoms with Gasteiger partial charge in [-0.3, -0.25) is 4.98 Å². The quantitative estimate of drug-likeness (QED) is 0.363. The van der Waals surface area contributed by atoms with Crippen molar-refractivity contribution in [3.05, 3.63) is 68.6 Å². The highest BCUT2D eigenvalue weighted by Gasteiger charge is 2.21. The number of fused-ring (bicyclic) bond motifs is 1. The summed E-state index contributed by atoms with van der Waals surface area (Å²) in [4.78, 5) is 30.1. The van der Waals surface area contributed by atoms with E-state index < -0.39 is 5.69 Å². The highest BCUT2D eigenvalue weighted by atomic mass is 16.3. The first-order chi connectivity index (χ1) is 15.1. The number of H-pyrrole nitrogens is 2. The molecule has 31 heavy (non-hydrogen) atoms. The van der Waals surface area contributed by atoms with Crippen LogP contribution < -0.4 is 21.8 Å². The van der Waals surface area contributed by atoms with Gasteiger partial charge in [-0.05, 0) is 36.5 Å². The van der Waals surface area contributed by atoms with Crippen molar-refractivity contribution in [2.75, 3.05) is 5.32 Å². The molecule has 5 rings (SSSR count). The van der Waals surface area contributed by atoms with Gasteiger partial charge in [0.25, 0.3) is 5.62 Å². The molecule has 0 aliphatic heterocycles. The Kier molecular flexibility index (Phi) is 4.73. The van der Waals surface area contributed by atoms with E-state index in [0.29, 0.717) is 29.0 Å². The first kappa shape index (κ1) is 19.0. The Labute approximate surface area is 176 Å². The summed E-state index contributed by atoms with van der Waals surface area (Å²) in [5, 5.41) is 18.1. The third kappa shape index (κ3) is 4.04. The Morgan fingerprint density at radius 3 is 2.68 bits per heavy atom. The number of aromatic amines is 2. The normalized spacial score (nSPS) is 15.1. The van der Waals surface area contributed by atoms with E-state index in [1.54, 1.807) is 16.8 Å². The van der Waals surface area contributed by atoms with E-state index in [2.05, 4.69) is 66.5 Å². The topological polar surface area (TPSA) is 136 Å². The van der Waals surface area contributed by atoms with E-state index >= 15 is 0 Å². The molecule has 4 N–H and O–H groups in total. The van der Waals surface area contributed by atoms with E-state index in [9.17, 15) is 9.90 Å². The van der Waals surface area contributed by atoms with Crippen molar-refractivity contribution in [2.24, 2.45) is 4.99 Å². The molecule has 4 aromatic rings. The number of benzene rings is 1. The number of anilines is 1. The number of nitrogens with zero attached hydrogens (tertiary/aromatic N) is 5. The van der Waals surface area contributed by atoms with E-state index in [1.165, 1.54) is 5.56 Å². The van der Waals surface area contributed by atoms with Crippen LogP contribution >= 0.6 is 0 Å². The van der Waals surface area contributed by atoms with Gasteiger partial charge in [-0.2, -0.15) is 19.6 Å². The number of aromatic hydroxyl groups is 1. The lowest BCUT2D eigenvalue weighted by Crippen LogP contribution is -2.24. The van der Waals surface area contributed by atoms with Gasteiger partial charge in [0.2, 0.25) is 11.8 Å². The minimum absolute atomic E-state index is 0.241. The van der Waals surface area contributed by atoms with Gasteiger partial charge in [-0.15, -0.1) is 0 Å². The van der Waals surface area contributed by atoms with Crippen molar-refractivity contribution in [3.8, 4) is 5.88 Å². The van der Waals surface area contributed by atoms with Gasteiger partial charge < -0.3 is 15.4 Å². The van der Waals surface area contributed by atoms with Crippen LogP contribution in [0.2, 0.25) is 0 Å². The smallest absolute Gasteiger partial charge is 0.326 e. The van der Waals surface area contributed by atoms with Gasteiger partial charge in [0, 0.05) is 11.8 Å². The summed E-state index contributed by atoms with van der Waals surface area (Å²) in [6, 6.07) is 8.66. The van der Waals surface area contributed by atoms with Crippen molar-refractivity contribution < 1.29 is 5.11 Å². The Morgan fingerprint density at radius 2 is 2.00 bits per heavy atom. The van der Waals surface area contributed by atoms with Crippen LogP contribution in [0.15, 0.2) is 40.2 Å². The largest absolute Gasteiger partial charge is 0.493 e. The number of aryl methyl sites for hydroxylation is 1. The minimum Gasteiger partial charge on any atom is -0.493 e. The summed E-state index contributed by atoms with van der Waals surface area (Å²) in [5.74, 6) is 0.198. The summed E-state index contributed by atoms with van der Waals surface area (Å²) < 4.78 is 1.58. The Hall–Kier alpha value is -3.95. The molecule has 158 valence electrons. The molecular weight excluding hydrogens is 396 g/mol. The third-order valence-corrected chi connectivity index (χ3v) is 5.14. The SMILES string of the molecule is CCc1ccc(CNc2nc(=NC3CC3)n3ncc(=Cc4[nH]c(=O)[nH]c4O)c3n2)cc1. The van der Waals surface area contributed by atoms with Gasteiger partial charge in [0.1, 0.15) is 5.69 Å². The average Bonchev–Trinajstić information content (AvgIpc) is 3.41. The van der Waals surface area contributed by atoms with Gasteiger partial charge >= 0.3 is 5.69 Å². The van der Waals surface area contributed by atoms with E-state index in [0.717, 1.165) is 24.8 Å². The van der Waals surface area contributed by atoms with Gasteiger partial charge in [-0.1, -0.05) is 31.2 Å². The maximum atomic E-state index is 11.4. The fourth-order valence-corrected chi connectivity index (χ4v) is 3.23. The lowest BCUT2D eigenvalue weighted by atomic mass is 10.1. The molecule has 1 saturated carbocycles. The fraction of sp³-hybridized carbons (Fsp3) is 0.286. The second-order valence-electron chi connectivity index (χ2n) is 7.55. The molecule has 10 heteroatoms. The summed E-state index contributed by atoms with van der Waals surface area (Å²) in [7, 11) is 0. The average molecular weight is 418 g/mol. The zero-order chi connectivity index (χ0) is 21.4. The molecule has 1 fully saturated rings. The first-order valence-corrected chi connectivity index (χ1v) is 10.2. The number of nitrogens with one attached hydrogen (secondary N) is 3. The number of imidazole rings is 1. The molecule has 0 atom stereocenters. The fourth-order valence-electron chi connectivity index (χ4n) is 3.23. The molecule has 1 aliphatic carbocycles. The second-order valence-corrected chi connectivity index (χ2v) is 7.55. The maximum absolute atomic E-state index is 11.4. The zero-order valence-electron chi connectivity index (χ0n) is 17.0. The van der Waals surface area contributed by atoms with Crippen molar-refractivity contribution >= 4 is 17.7 Å². The van der Waals surface area contributed by atoms with Crippen molar-refractivity contribution in [1.29, 1.82) is 0 Å². The minimum atomic E-state index is -0.490. The predicted molar refractivity (Wildman–Crippen MR) is 114 cm³/mol. The van der Waals surface area contributed by atoms with Crippen LogP contribution in [0.5, 0.6) is 5.88 Å². The van der Waals surface area contributed by atoms with E-state index in [-0.39, 0.29) is 17.6 Å². The van der Waals surface area contributed by atoms with Crippen LogP contribution in [0.1, 0.15) is 36.6 Å². The summed E-state index contributed by atoms with van der Waals surface area (Å²) in [6.07, 6.45) is 6.29. The third-order valence-electron chi connectivity index (χ3n) is 5.14. The molecule has 0 bridgehead atoms. The van der Waals surface area contributed by atoms with Crippen LogP contribution in [0.3, 0.4) is 0 Å². The summed E-state index contributed by atoms with van der Waals surface area (Å²) in [6.45, 7) is 2.70. The van der Waals surface area contributed by atoms with Crippen LogP contribution in [0.25, 0.3) is 11.7 Å². The number of hydrogen-bond acceptors (Lipinski definition) is 7. The van der Waals surface area contributed by atoms with E-state index in [1.807, 2.05) is 0 Å². The van der Waals surface area contributed by atoms with Crippen molar-refractivity contribution in [3.63, 3.8) is 0 Å². The van der Waals surface area contributed by atoms with E-state index in [4.69, 9.17) is 0 Å². The van der Waals surface area contributed by atoms with Crippen LogP contribution in [-0.2, 0) is 13.0 Å². The summed E-state index contributed by atoms with van der Waals surface area (Å²) in [5.41, 5.74) is 3.18. The zero-order valence-corrected chi connectivity index (χ0v) is 17.0. The standard InChI is InChI=1S/C21H22N8O2/c1-2-12-3-5-13(6-4-12)10-22-19-26-17-14(9-16-18(30)27-21(31)25-16)11-23-29(17)20(28-19)24-15-7-8-15/h3-6,9,11,15,30H,2,7-8,10H2,1H3,(H,22,24,28)(H2,25,27,31). The maximum Gasteiger partial charge on any atom is 0.326 e. The molecule has 0 saturated heterocycles. The molecule has 3 aromatic heterocycles. The highest BCUT2D eigenvalue weighted by molar-refractivity contribution is 5.57. The van der Waals surface area contributed by atoms with Gasteiger partial charge in [-0.25, -0.2) is 9.79 Å². The molecular formula is C21H22N8O2. The van der Waals surface area contributed by atoms with Crippen LogP contribution in [0.4, 0.5) is 5.95 Å². The molecule has 1 aromatic carbocycles. The Morgan fingerprint density at radius 1 is 1.23 bits per heavy atom. The lowest BCUT2D eigenvalue weighted by molar-refractivity contribution is 0.454. The molecule has 0 amide bonds. The van der Waals surface area contributed by atoms with Crippen molar-refractivity contribution in [2.45, 2.75) is 38.8 Å². The Balaban J connectivity index is 1.55. The Bertz CT molecular complexity index is 1410. The number of hydrogen-bond donors (Lipinski definition) is 4. The summed E-state index contributed by atoms with van der Waals surface area (Å²) >= 11 is 0. The molecule has 0 radical (unpaired) electrons. The molecule has 0 spiro atoms. The predicted octanol–water partition coefficient (Wildman–Crippen LogP) is 0.632. The molecule has 3 heterocycles. The highest BCUT2D eigenvalue weighted by Crippen LogP contribution is 2.22. The van der Waals surface area contributed by atoms with Crippen LogP contribution in [0, 0.1) is 0 Å². The van der Waals surface area contributed by atoms with Crippen LogP contribution in [-0.4, -0.2) is 40.7 Å². The molecule has 10 nitrogen and oxygen atoms in total. The molecule has 0 unspecified atom stereocenters. The molecule has 1 aliphatic rings. The number of rotatable bonds is 6. The van der Waals surface area contributed by atoms with Gasteiger partial charge in [0.15, 0.2) is 5.65 Å². The van der Waals surface area contributed by atoms with Crippen molar-refractivity contribution in [1.82, 2.24) is 29.5 Å². The van der Waals surface area contributed by atoms with Gasteiger partial charge in [0.05, 0.1) is 12.2 Å². The number of aromatic nitrogens is 6. The first-order valence-electron chi connectivity index (χ1n) is 10.2. The second kappa shape index (κ2) is 7.71. The monoisotopic (exact) mass is 418 g/mol. The lowest BCUT2D eigenvalue weighted by Gasteiger charge is -2.06.